The highest BCUT2D eigenvalue weighted by Crippen LogP contribution is 2.13. The minimum absolute atomic E-state index is 0.606. The van der Waals surface area contributed by atoms with Gasteiger partial charge in [0.15, 0.2) is 0 Å². The molecular formula is C9H8N2. The van der Waals surface area contributed by atoms with Crippen LogP contribution >= 0.6 is 0 Å². The molecule has 1 rings (SSSR count). The molecule has 0 atom stereocenters. The van der Waals surface area contributed by atoms with Crippen molar-refractivity contribution >= 4 is 11.8 Å². The molecule has 1 aromatic rings. The third kappa shape index (κ3) is 1.39. The quantitative estimate of drug-likeness (QED) is 0.611. The maximum absolute atomic E-state index is 8.60. The van der Waals surface area contributed by atoms with Gasteiger partial charge in [-0.05, 0) is 23.8 Å². The summed E-state index contributed by atoms with van der Waals surface area (Å²) in [6.45, 7) is 3.57. The topological polar surface area (TPSA) is 49.8 Å². The van der Waals surface area contributed by atoms with Gasteiger partial charge in [-0.1, -0.05) is 12.7 Å². The summed E-state index contributed by atoms with van der Waals surface area (Å²) >= 11 is 0. The van der Waals surface area contributed by atoms with Gasteiger partial charge < -0.3 is 5.73 Å². The van der Waals surface area contributed by atoms with Crippen LogP contribution in [0.1, 0.15) is 11.1 Å². The van der Waals surface area contributed by atoms with E-state index in [1.165, 1.54) is 0 Å². The molecule has 0 aliphatic heterocycles. The molecule has 54 valence electrons. The SMILES string of the molecule is C=Cc1cc(N)ccc1C#N. The van der Waals surface area contributed by atoms with Crippen LogP contribution in [0.25, 0.3) is 6.08 Å². The Bertz CT molecular complexity index is 321. The van der Waals surface area contributed by atoms with Crippen LogP contribution < -0.4 is 5.73 Å². The van der Waals surface area contributed by atoms with Crippen molar-refractivity contribution in [2.75, 3.05) is 5.73 Å². The molecule has 0 aliphatic carbocycles. The monoisotopic (exact) mass is 144 g/mol. The van der Waals surface area contributed by atoms with E-state index < -0.39 is 0 Å². The second kappa shape index (κ2) is 2.89. The number of nitrogens with zero attached hydrogens (tertiary/aromatic N) is 1. The van der Waals surface area contributed by atoms with Gasteiger partial charge in [0.05, 0.1) is 11.6 Å². The summed E-state index contributed by atoms with van der Waals surface area (Å²) in [5, 5.41) is 8.60. The molecule has 0 saturated heterocycles. The molecule has 0 amide bonds. The number of nitriles is 1. The van der Waals surface area contributed by atoms with Crippen LogP contribution in [0.3, 0.4) is 0 Å². The number of rotatable bonds is 1. The average Bonchev–Trinajstić information content (AvgIpc) is 2.04. The molecule has 0 aliphatic rings. The van der Waals surface area contributed by atoms with Gasteiger partial charge in [0, 0.05) is 5.69 Å². The first-order chi connectivity index (χ1) is 5.27. The van der Waals surface area contributed by atoms with E-state index >= 15 is 0 Å². The summed E-state index contributed by atoms with van der Waals surface area (Å²) in [5.41, 5.74) is 7.54. The van der Waals surface area contributed by atoms with Crippen LogP contribution in [0, 0.1) is 11.3 Å². The van der Waals surface area contributed by atoms with Crippen LogP contribution in [0.4, 0.5) is 5.69 Å². The predicted molar refractivity (Wildman–Crippen MR) is 45.7 cm³/mol. The number of hydrogen-bond donors (Lipinski definition) is 1. The van der Waals surface area contributed by atoms with Gasteiger partial charge in [0.1, 0.15) is 0 Å². The fourth-order valence-electron chi connectivity index (χ4n) is 0.852. The van der Waals surface area contributed by atoms with Crippen LogP contribution in [-0.4, -0.2) is 0 Å². The average molecular weight is 144 g/mol. The summed E-state index contributed by atoms with van der Waals surface area (Å²) in [6.07, 6.45) is 1.62. The zero-order valence-corrected chi connectivity index (χ0v) is 6.04. The zero-order valence-electron chi connectivity index (χ0n) is 6.04. The Morgan fingerprint density at radius 3 is 2.82 bits per heavy atom. The lowest BCUT2D eigenvalue weighted by molar-refractivity contribution is 1.47. The van der Waals surface area contributed by atoms with E-state index in [-0.39, 0.29) is 0 Å². The Labute approximate surface area is 65.6 Å². The Morgan fingerprint density at radius 1 is 1.55 bits per heavy atom. The lowest BCUT2D eigenvalue weighted by atomic mass is 10.1. The maximum atomic E-state index is 8.60. The molecule has 0 unspecified atom stereocenters. The van der Waals surface area contributed by atoms with Crippen molar-refractivity contribution in [3.8, 4) is 6.07 Å². The summed E-state index contributed by atoms with van der Waals surface area (Å²) in [5.74, 6) is 0. The molecule has 0 aromatic heterocycles. The third-order valence-corrected chi connectivity index (χ3v) is 1.42. The first-order valence-electron chi connectivity index (χ1n) is 3.20. The van der Waals surface area contributed by atoms with Crippen molar-refractivity contribution in [3.05, 3.63) is 35.9 Å². The minimum Gasteiger partial charge on any atom is -0.399 e. The highest BCUT2D eigenvalue weighted by molar-refractivity contribution is 5.61. The lowest BCUT2D eigenvalue weighted by Gasteiger charge is -1.97. The molecule has 0 saturated carbocycles. The van der Waals surface area contributed by atoms with Gasteiger partial charge in [-0.15, -0.1) is 0 Å². The van der Waals surface area contributed by atoms with Gasteiger partial charge in [0.2, 0.25) is 0 Å². The van der Waals surface area contributed by atoms with Crippen molar-refractivity contribution < 1.29 is 0 Å². The molecule has 1 aromatic carbocycles. The fourth-order valence-corrected chi connectivity index (χ4v) is 0.852. The van der Waals surface area contributed by atoms with Gasteiger partial charge in [0.25, 0.3) is 0 Å². The predicted octanol–water partition coefficient (Wildman–Crippen LogP) is 1.78. The first kappa shape index (κ1) is 7.36. The van der Waals surface area contributed by atoms with Crippen molar-refractivity contribution in [1.82, 2.24) is 0 Å². The summed E-state index contributed by atoms with van der Waals surface area (Å²) in [6, 6.07) is 7.16. The number of benzene rings is 1. The molecule has 0 heterocycles. The third-order valence-electron chi connectivity index (χ3n) is 1.42. The van der Waals surface area contributed by atoms with Crippen LogP contribution in [0.5, 0.6) is 0 Å². The molecule has 0 radical (unpaired) electrons. The summed E-state index contributed by atoms with van der Waals surface area (Å²) in [4.78, 5) is 0. The largest absolute Gasteiger partial charge is 0.399 e. The maximum Gasteiger partial charge on any atom is 0.0997 e. The Hall–Kier alpha value is -1.75. The van der Waals surface area contributed by atoms with Gasteiger partial charge in [-0.25, -0.2) is 0 Å². The van der Waals surface area contributed by atoms with Crippen LogP contribution in [0.15, 0.2) is 24.8 Å². The number of nitrogen functional groups attached to an aromatic ring is 1. The van der Waals surface area contributed by atoms with Gasteiger partial charge >= 0.3 is 0 Å². The molecule has 11 heavy (non-hydrogen) atoms. The molecule has 0 spiro atoms. The van der Waals surface area contributed by atoms with E-state index in [1.807, 2.05) is 6.07 Å². The molecular weight excluding hydrogens is 136 g/mol. The Balaban J connectivity index is 3.30. The number of anilines is 1. The number of hydrogen-bond acceptors (Lipinski definition) is 2. The minimum atomic E-state index is 0.606. The fraction of sp³-hybridized carbons (Fsp3) is 0. The molecule has 2 N–H and O–H groups in total. The standard InChI is InChI=1S/C9H8N2/c1-2-7-5-9(11)4-3-8(7)6-10/h2-5H,1,11H2. The summed E-state index contributed by atoms with van der Waals surface area (Å²) in [7, 11) is 0. The Morgan fingerprint density at radius 2 is 2.27 bits per heavy atom. The second-order valence-electron chi connectivity index (χ2n) is 2.16. The van der Waals surface area contributed by atoms with Gasteiger partial charge in [-0.3, -0.25) is 0 Å². The van der Waals surface area contributed by atoms with Crippen molar-refractivity contribution in [1.29, 1.82) is 5.26 Å². The molecule has 2 heteroatoms. The van der Waals surface area contributed by atoms with Crippen LogP contribution in [0.2, 0.25) is 0 Å². The van der Waals surface area contributed by atoms with Crippen molar-refractivity contribution in [2.24, 2.45) is 0 Å². The van der Waals surface area contributed by atoms with Crippen molar-refractivity contribution in [3.63, 3.8) is 0 Å². The van der Waals surface area contributed by atoms with Crippen molar-refractivity contribution in [2.45, 2.75) is 0 Å². The van der Waals surface area contributed by atoms with E-state index in [2.05, 4.69) is 6.58 Å². The highest BCUT2D eigenvalue weighted by Gasteiger charge is 1.96. The zero-order chi connectivity index (χ0) is 8.27. The second-order valence-corrected chi connectivity index (χ2v) is 2.16. The van der Waals surface area contributed by atoms with E-state index in [0.29, 0.717) is 11.3 Å². The molecule has 2 nitrogen and oxygen atoms in total. The Kier molecular flexibility index (Phi) is 1.93. The normalized spacial score (nSPS) is 8.64. The van der Waals surface area contributed by atoms with Gasteiger partial charge in [-0.2, -0.15) is 5.26 Å². The van der Waals surface area contributed by atoms with Crippen LogP contribution in [-0.2, 0) is 0 Å². The molecule has 0 fully saturated rings. The lowest BCUT2D eigenvalue weighted by Crippen LogP contribution is -1.87. The first-order valence-corrected chi connectivity index (χ1v) is 3.20. The smallest absolute Gasteiger partial charge is 0.0997 e. The van der Waals surface area contributed by atoms with E-state index in [4.69, 9.17) is 11.0 Å². The van der Waals surface area contributed by atoms with E-state index in [9.17, 15) is 0 Å². The summed E-state index contributed by atoms with van der Waals surface area (Å²) < 4.78 is 0. The highest BCUT2D eigenvalue weighted by atomic mass is 14.5. The van der Waals surface area contributed by atoms with E-state index in [0.717, 1.165) is 5.56 Å². The molecule has 0 bridgehead atoms. The number of nitrogens with two attached hydrogens (primary N) is 1. The van der Waals surface area contributed by atoms with E-state index in [1.54, 1.807) is 24.3 Å².